The molecule has 85 valence electrons. The van der Waals surface area contributed by atoms with Gasteiger partial charge in [0, 0.05) is 21.1 Å². The summed E-state index contributed by atoms with van der Waals surface area (Å²) in [5, 5.41) is 0. The zero-order valence-electron chi connectivity index (χ0n) is 8.29. The molecular formula is C10H9MoNO4-. The quantitative estimate of drug-likeness (QED) is 0.383. The maximum Gasteiger partial charge on any atom is 0 e. The molecule has 0 heterocycles. The number of nitrogens with zero attached hydrogens (tertiary/aromatic N) is 1. The van der Waals surface area contributed by atoms with Crippen LogP contribution in [0.5, 0.6) is 0 Å². The molecule has 0 unspecified atom stereocenters. The molecule has 1 rings (SSSR count). The molecule has 0 amide bonds. The Morgan fingerprint density at radius 2 is 1.25 bits per heavy atom. The van der Waals surface area contributed by atoms with Gasteiger partial charge in [-0.15, -0.1) is 0 Å². The first kappa shape index (κ1) is 29.4. The summed E-state index contributed by atoms with van der Waals surface area (Å²) in [4.78, 5) is 7.25. The van der Waals surface area contributed by atoms with E-state index in [0.29, 0.717) is 0 Å². The Morgan fingerprint density at radius 3 is 1.69 bits per heavy atom. The molecule has 0 saturated heterocycles. The van der Waals surface area contributed by atoms with Crippen LogP contribution in [0.1, 0.15) is 12.8 Å². The van der Waals surface area contributed by atoms with Crippen LogP contribution in [0.25, 0.3) is 5.59 Å². The third-order valence-corrected chi connectivity index (χ3v) is 0.994. The summed E-state index contributed by atoms with van der Waals surface area (Å²) >= 11 is 0. The van der Waals surface area contributed by atoms with Gasteiger partial charge in [0.25, 0.3) is 0 Å². The Hall–Kier alpha value is -1.01. The largest absolute Gasteiger partial charge is 0.577 e. The molecule has 0 fully saturated rings. The van der Waals surface area contributed by atoms with Gasteiger partial charge in [-0.2, -0.15) is 0 Å². The van der Waals surface area contributed by atoms with Gasteiger partial charge in [-0.05, 0) is 19.3 Å². The van der Waals surface area contributed by atoms with E-state index in [1.54, 1.807) is 0 Å². The van der Waals surface area contributed by atoms with Crippen LogP contribution < -0.4 is 0 Å². The van der Waals surface area contributed by atoms with E-state index < -0.39 is 0 Å². The minimum atomic E-state index is 0. The molecule has 1 aliphatic carbocycles. The van der Waals surface area contributed by atoms with Crippen molar-refractivity contribution in [3.8, 4) is 0 Å². The van der Waals surface area contributed by atoms with Crippen molar-refractivity contribution in [1.29, 1.82) is 0 Å². The van der Waals surface area contributed by atoms with E-state index in [0.717, 1.165) is 0 Å². The molecule has 0 aromatic rings. The first-order valence-corrected chi connectivity index (χ1v) is 3.44. The van der Waals surface area contributed by atoms with Gasteiger partial charge in [0.1, 0.15) is 0 Å². The van der Waals surface area contributed by atoms with Crippen LogP contribution >= 0.6 is 0 Å². The smallest absolute Gasteiger partial charge is 0 e. The van der Waals surface area contributed by atoms with E-state index >= 15 is 0 Å². The number of nitroso groups, excluding NO2 is 1. The van der Waals surface area contributed by atoms with Crippen molar-refractivity contribution in [3.05, 3.63) is 61.2 Å². The van der Waals surface area contributed by atoms with Crippen LogP contribution in [0.4, 0.5) is 0 Å². The molecule has 0 saturated carbocycles. The number of hydrogen-bond acceptors (Lipinski definition) is 1. The van der Waals surface area contributed by atoms with Crippen LogP contribution in [-0.2, 0) is 35.0 Å². The Labute approximate surface area is 109 Å². The van der Waals surface area contributed by atoms with Crippen molar-refractivity contribution in [1.82, 2.24) is 0 Å². The molecule has 0 spiro atoms. The number of allylic oxidation sites excluding steroid dienone is 4. The predicted octanol–water partition coefficient (Wildman–Crippen LogP) is 2.30. The summed E-state index contributed by atoms with van der Waals surface area (Å²) in [5.74, 6) is 0. The van der Waals surface area contributed by atoms with Crippen molar-refractivity contribution in [2.24, 2.45) is 0 Å². The third kappa shape index (κ3) is 52.1. The second-order valence-corrected chi connectivity index (χ2v) is 1.63. The maximum absolute atomic E-state index is 7.50. The van der Waals surface area contributed by atoms with Crippen molar-refractivity contribution >= 4 is 0 Å². The maximum atomic E-state index is 7.50. The molecule has 0 bridgehead atoms. The average Bonchev–Trinajstić information content (AvgIpc) is 2.71. The Bertz CT molecular complexity index is 182. The summed E-state index contributed by atoms with van der Waals surface area (Å²) in [6, 6.07) is 0. The molecule has 5 nitrogen and oxygen atoms in total. The molecule has 1 aliphatic rings. The van der Waals surface area contributed by atoms with Gasteiger partial charge >= 0.3 is 33.9 Å². The standard InChI is InChI=1S/C7H9.3CO.Mo.NO/c1-2-4-6-7-5-3-1;3*1-2;;1-2/h1-5H,6-7H2;;;;;/q;;;;;-1. The first-order chi connectivity index (χ1) is 7.50. The van der Waals surface area contributed by atoms with E-state index in [2.05, 4.69) is 50.7 Å². The molecule has 0 aromatic heterocycles. The predicted molar refractivity (Wildman–Crippen MR) is 50.3 cm³/mol. The van der Waals surface area contributed by atoms with Crippen LogP contribution in [0.2, 0.25) is 0 Å². The van der Waals surface area contributed by atoms with Crippen LogP contribution in [0, 0.1) is 31.3 Å². The fourth-order valence-corrected chi connectivity index (χ4v) is 0.606. The topological polar surface area (TPSA) is 99.1 Å². The van der Waals surface area contributed by atoms with Crippen molar-refractivity contribution in [2.45, 2.75) is 12.8 Å². The zero-order chi connectivity index (χ0) is 12.9. The van der Waals surface area contributed by atoms with Crippen molar-refractivity contribution in [2.75, 3.05) is 0 Å². The van der Waals surface area contributed by atoms with Crippen molar-refractivity contribution < 1.29 is 35.0 Å². The summed E-state index contributed by atoms with van der Waals surface area (Å²) in [6.45, 7) is 13.5. The minimum absolute atomic E-state index is 0. The van der Waals surface area contributed by atoms with Gasteiger partial charge in [0.2, 0.25) is 0 Å². The van der Waals surface area contributed by atoms with Crippen molar-refractivity contribution in [3.63, 3.8) is 0 Å². The molecule has 0 N–H and O–H groups in total. The molecule has 0 atom stereocenters. The van der Waals surface area contributed by atoms with Crippen LogP contribution in [0.3, 0.4) is 0 Å². The zero-order valence-corrected chi connectivity index (χ0v) is 10.3. The van der Waals surface area contributed by atoms with Gasteiger partial charge in [-0.25, -0.2) is 0 Å². The van der Waals surface area contributed by atoms with E-state index in [4.69, 9.17) is 24.5 Å². The number of rotatable bonds is 0. The summed E-state index contributed by atoms with van der Waals surface area (Å²) in [6.07, 6.45) is 13.0. The van der Waals surface area contributed by atoms with Gasteiger partial charge < -0.3 is 10.5 Å². The molecule has 1 radical (unpaired) electrons. The van der Waals surface area contributed by atoms with Gasteiger partial charge in [0.05, 0.1) is 0 Å². The van der Waals surface area contributed by atoms with E-state index in [1.807, 2.05) is 0 Å². The molecule has 6 heteroatoms. The third-order valence-electron chi connectivity index (χ3n) is 0.994. The van der Waals surface area contributed by atoms with Gasteiger partial charge in [-0.3, -0.25) is 0 Å². The Balaban J connectivity index is -0.0000000390. The summed E-state index contributed by atoms with van der Waals surface area (Å²) in [5.41, 5.74) is 5.75. The molecular weight excluding hydrogens is 294 g/mol. The fraction of sp³-hybridized carbons (Fsp3) is 0.200. The van der Waals surface area contributed by atoms with Crippen LogP contribution in [0.15, 0.2) is 24.3 Å². The average molecular weight is 303 g/mol. The van der Waals surface area contributed by atoms with E-state index in [-0.39, 0.29) is 21.1 Å². The van der Waals surface area contributed by atoms with Gasteiger partial charge in [-0.1, -0.05) is 24.3 Å². The Morgan fingerprint density at radius 1 is 0.812 bits per heavy atom. The minimum Gasteiger partial charge on any atom is -0.577 e. The SMILES string of the molecule is [C-]#[O+].[C-]#[O+].[C-]#[O+].[CH]1C=CC=CCC1.[Mo].[N-]=O. The molecule has 0 aliphatic heterocycles. The fourth-order valence-electron chi connectivity index (χ4n) is 0.606. The second kappa shape index (κ2) is 65.8. The van der Waals surface area contributed by atoms with E-state index in [9.17, 15) is 0 Å². The molecule has 0 aromatic carbocycles. The Kier molecular flexibility index (Phi) is 121. The molecule has 16 heavy (non-hydrogen) atoms. The summed E-state index contributed by atoms with van der Waals surface area (Å²) in [7, 11) is 0. The summed E-state index contributed by atoms with van der Waals surface area (Å²) < 4.78 is 22.5. The normalized spacial score (nSPS) is 9.12. The van der Waals surface area contributed by atoms with Crippen LogP contribution in [-0.4, -0.2) is 0 Å². The second-order valence-electron chi connectivity index (χ2n) is 1.63. The van der Waals surface area contributed by atoms with E-state index in [1.165, 1.54) is 12.8 Å². The first-order valence-electron chi connectivity index (χ1n) is 3.44. The number of hydrogen-bond donors (Lipinski definition) is 0. The monoisotopic (exact) mass is 305 g/mol. The van der Waals surface area contributed by atoms with Gasteiger partial charge in [0.15, 0.2) is 0 Å².